The van der Waals surface area contributed by atoms with Crippen molar-refractivity contribution in [3.05, 3.63) is 18.4 Å². The monoisotopic (exact) mass is 232 g/mol. The molecule has 1 heterocycles. The molecule has 0 N–H and O–H groups in total. The highest BCUT2D eigenvalue weighted by molar-refractivity contribution is 5.81. The number of hydrogen-bond acceptors (Lipinski definition) is 3. The molecule has 0 aromatic rings. The van der Waals surface area contributed by atoms with Gasteiger partial charge in [-0.05, 0) is 37.0 Å². The van der Waals surface area contributed by atoms with Crippen LogP contribution in [-0.4, -0.2) is 24.3 Å². The highest BCUT2D eigenvalue weighted by Gasteiger charge is 2.67. The normalized spacial score (nSPS) is 52.6. The van der Waals surface area contributed by atoms with Crippen LogP contribution in [0.4, 0.5) is 0 Å². The number of ether oxygens (including phenoxy) is 2. The van der Waals surface area contributed by atoms with E-state index in [1.165, 1.54) is 18.9 Å². The fourth-order valence-electron chi connectivity index (χ4n) is 4.65. The predicted octanol–water partition coefficient (Wildman–Crippen LogP) is 1.68. The van der Waals surface area contributed by atoms with Crippen LogP contribution in [0.1, 0.15) is 19.3 Å². The average molecular weight is 232 g/mol. The van der Waals surface area contributed by atoms with E-state index < -0.39 is 0 Å². The van der Waals surface area contributed by atoms with Crippen molar-refractivity contribution < 1.29 is 14.3 Å². The third kappa shape index (κ3) is 1.30. The van der Waals surface area contributed by atoms with Crippen LogP contribution >= 0.6 is 0 Å². The molecule has 17 heavy (non-hydrogen) atoms. The van der Waals surface area contributed by atoms with Crippen molar-refractivity contribution in [3.8, 4) is 0 Å². The second kappa shape index (κ2) is 3.24. The van der Waals surface area contributed by atoms with Crippen LogP contribution in [0.15, 0.2) is 18.4 Å². The van der Waals surface area contributed by atoms with Crippen LogP contribution < -0.4 is 0 Å². The van der Waals surface area contributed by atoms with Crippen molar-refractivity contribution in [1.82, 2.24) is 0 Å². The zero-order chi connectivity index (χ0) is 11.6. The first-order valence-electron chi connectivity index (χ1n) is 6.50. The molecule has 3 nitrogen and oxygen atoms in total. The Morgan fingerprint density at radius 3 is 3.06 bits per heavy atom. The van der Waals surface area contributed by atoms with Gasteiger partial charge in [0.05, 0.1) is 18.3 Å². The summed E-state index contributed by atoms with van der Waals surface area (Å²) in [6, 6.07) is 0. The molecule has 3 saturated carbocycles. The molecule has 0 spiro atoms. The minimum absolute atomic E-state index is 0.112. The van der Waals surface area contributed by atoms with Gasteiger partial charge < -0.3 is 9.47 Å². The zero-order valence-electron chi connectivity index (χ0n) is 9.67. The summed E-state index contributed by atoms with van der Waals surface area (Å²) >= 11 is 0. The molecule has 2 bridgehead atoms. The van der Waals surface area contributed by atoms with E-state index >= 15 is 0 Å². The molecule has 3 aliphatic carbocycles. The van der Waals surface area contributed by atoms with Gasteiger partial charge in [-0.2, -0.15) is 0 Å². The summed E-state index contributed by atoms with van der Waals surface area (Å²) < 4.78 is 11.2. The van der Waals surface area contributed by atoms with Crippen molar-refractivity contribution in [3.63, 3.8) is 0 Å². The molecule has 0 amide bonds. The number of rotatable bonds is 2. The second-order valence-corrected chi connectivity index (χ2v) is 5.84. The molecule has 3 heteroatoms. The molecule has 0 aromatic carbocycles. The van der Waals surface area contributed by atoms with Crippen molar-refractivity contribution in [2.45, 2.75) is 37.6 Å². The predicted molar refractivity (Wildman–Crippen MR) is 60.1 cm³/mol. The third-order valence-electron chi connectivity index (χ3n) is 5.17. The minimum atomic E-state index is -0.291. The van der Waals surface area contributed by atoms with E-state index in [1.807, 2.05) is 0 Å². The summed E-state index contributed by atoms with van der Waals surface area (Å²) in [6.07, 6.45) is 5.98. The van der Waals surface area contributed by atoms with Gasteiger partial charge in [0.25, 0.3) is 0 Å². The Hall–Kier alpha value is -1.05. The number of carbonyl (C=O) groups excluding carboxylic acids is 1. The zero-order valence-corrected chi connectivity index (χ0v) is 9.67. The molecule has 0 aromatic heterocycles. The maximum atomic E-state index is 11.4. The minimum Gasteiger partial charge on any atom is -0.458 e. The lowest BCUT2D eigenvalue weighted by molar-refractivity contribution is -0.147. The Bertz CT molecular complexity index is 423. The van der Waals surface area contributed by atoms with E-state index in [1.54, 1.807) is 0 Å². The van der Waals surface area contributed by atoms with Gasteiger partial charge in [0.15, 0.2) is 0 Å². The van der Waals surface area contributed by atoms with Gasteiger partial charge in [0.2, 0.25) is 0 Å². The SMILES string of the molecule is C=C=CC(=O)OC1CC2CC1C1C2CC2OC21. The summed E-state index contributed by atoms with van der Waals surface area (Å²) in [6.45, 7) is 3.39. The maximum Gasteiger partial charge on any atom is 0.338 e. The molecular weight excluding hydrogens is 216 g/mol. The lowest BCUT2D eigenvalue weighted by Crippen LogP contribution is -2.34. The molecule has 7 atom stereocenters. The Morgan fingerprint density at radius 1 is 1.35 bits per heavy atom. The van der Waals surface area contributed by atoms with Gasteiger partial charge in [-0.25, -0.2) is 4.79 Å². The largest absolute Gasteiger partial charge is 0.458 e. The Kier molecular flexibility index (Phi) is 1.89. The molecule has 0 radical (unpaired) electrons. The highest BCUT2D eigenvalue weighted by atomic mass is 16.6. The molecule has 90 valence electrons. The molecular formula is C14H16O3. The Labute approximate surface area is 100 Å². The van der Waals surface area contributed by atoms with Crippen LogP contribution in [0.5, 0.6) is 0 Å². The van der Waals surface area contributed by atoms with Crippen LogP contribution in [0.3, 0.4) is 0 Å². The fraction of sp³-hybridized carbons (Fsp3) is 0.714. The van der Waals surface area contributed by atoms with Gasteiger partial charge in [0.1, 0.15) is 6.10 Å². The first-order chi connectivity index (χ1) is 8.28. The van der Waals surface area contributed by atoms with Crippen molar-refractivity contribution in [1.29, 1.82) is 0 Å². The smallest absolute Gasteiger partial charge is 0.338 e. The molecule has 4 aliphatic rings. The number of esters is 1. The quantitative estimate of drug-likeness (QED) is 0.315. The highest BCUT2D eigenvalue weighted by Crippen LogP contribution is 2.64. The molecule has 7 unspecified atom stereocenters. The van der Waals surface area contributed by atoms with Gasteiger partial charge in [-0.15, -0.1) is 5.73 Å². The summed E-state index contributed by atoms with van der Waals surface area (Å²) in [5.41, 5.74) is 2.47. The Balaban J connectivity index is 1.50. The van der Waals surface area contributed by atoms with Crippen LogP contribution in [-0.2, 0) is 14.3 Å². The lowest BCUT2D eigenvalue weighted by atomic mass is 9.79. The summed E-state index contributed by atoms with van der Waals surface area (Å²) in [5, 5.41) is 0. The van der Waals surface area contributed by atoms with Crippen LogP contribution in [0, 0.1) is 23.7 Å². The van der Waals surface area contributed by atoms with Crippen molar-refractivity contribution in [2.24, 2.45) is 23.7 Å². The van der Waals surface area contributed by atoms with Crippen molar-refractivity contribution >= 4 is 5.97 Å². The van der Waals surface area contributed by atoms with Crippen LogP contribution in [0.2, 0.25) is 0 Å². The van der Waals surface area contributed by atoms with Crippen LogP contribution in [0.25, 0.3) is 0 Å². The standard InChI is InChI=1S/C14H16O3/c1-2-3-12(15)16-10-5-7-4-9(10)13-8(7)6-11-14(13)17-11/h3,7-11,13-14H,1,4-6H2. The van der Waals surface area contributed by atoms with E-state index in [0.717, 1.165) is 18.3 Å². The topological polar surface area (TPSA) is 38.8 Å². The van der Waals surface area contributed by atoms with Crippen molar-refractivity contribution in [2.75, 3.05) is 0 Å². The van der Waals surface area contributed by atoms with Gasteiger partial charge >= 0.3 is 5.97 Å². The molecule has 4 fully saturated rings. The first-order valence-corrected chi connectivity index (χ1v) is 6.50. The van der Waals surface area contributed by atoms with E-state index in [2.05, 4.69) is 12.3 Å². The third-order valence-corrected chi connectivity index (χ3v) is 5.17. The summed E-state index contributed by atoms with van der Waals surface area (Å²) in [4.78, 5) is 11.4. The average Bonchev–Trinajstić information content (AvgIpc) is 2.69. The summed E-state index contributed by atoms with van der Waals surface area (Å²) in [5.74, 6) is 2.55. The number of hydrogen-bond donors (Lipinski definition) is 0. The number of fused-ring (bicyclic) bond motifs is 7. The van der Waals surface area contributed by atoms with E-state index in [9.17, 15) is 4.79 Å². The number of carbonyl (C=O) groups is 1. The molecule has 1 saturated heterocycles. The van der Waals surface area contributed by atoms with E-state index in [0.29, 0.717) is 24.0 Å². The van der Waals surface area contributed by atoms with Gasteiger partial charge in [-0.1, -0.05) is 6.58 Å². The maximum absolute atomic E-state index is 11.4. The summed E-state index contributed by atoms with van der Waals surface area (Å²) in [7, 11) is 0. The van der Waals surface area contributed by atoms with Gasteiger partial charge in [0, 0.05) is 5.92 Å². The number of epoxide rings is 1. The molecule has 4 rings (SSSR count). The second-order valence-electron chi connectivity index (χ2n) is 5.84. The first kappa shape index (κ1) is 9.93. The molecule has 1 aliphatic heterocycles. The Morgan fingerprint density at radius 2 is 2.24 bits per heavy atom. The van der Waals surface area contributed by atoms with E-state index in [-0.39, 0.29) is 12.1 Å². The lowest BCUT2D eigenvalue weighted by Gasteiger charge is -2.31. The van der Waals surface area contributed by atoms with E-state index in [4.69, 9.17) is 9.47 Å². The fourth-order valence-corrected chi connectivity index (χ4v) is 4.65. The van der Waals surface area contributed by atoms with Gasteiger partial charge in [-0.3, -0.25) is 0 Å².